The third-order valence-electron chi connectivity index (χ3n) is 4.11. The Labute approximate surface area is 148 Å². The number of ether oxygens (including phenoxy) is 2. The molecule has 0 radical (unpaired) electrons. The van der Waals surface area contributed by atoms with Crippen LogP contribution in [-0.4, -0.2) is 34.8 Å². The number of carbonyl (C=O) groups is 2. The number of nitrogens with zero attached hydrogens (tertiary/aromatic N) is 1. The van der Waals surface area contributed by atoms with Crippen LogP contribution >= 0.6 is 11.3 Å². The number of rotatable bonds is 6. The SMILES string of the molecule is CC[C@H](C)[C@H](NC(=O)c1cnc(-c2ccc3c(c2)OCO3)s1)C(=O)O. The highest BCUT2D eigenvalue weighted by molar-refractivity contribution is 7.16. The van der Waals surface area contributed by atoms with Gasteiger partial charge in [0.05, 0.1) is 6.20 Å². The average molecular weight is 362 g/mol. The van der Waals surface area contributed by atoms with Crippen LogP contribution in [0.4, 0.5) is 0 Å². The first-order valence-electron chi connectivity index (χ1n) is 7.89. The Morgan fingerprint density at radius 1 is 1.36 bits per heavy atom. The summed E-state index contributed by atoms with van der Waals surface area (Å²) in [6.45, 7) is 3.87. The van der Waals surface area contributed by atoms with Gasteiger partial charge in [-0.25, -0.2) is 9.78 Å². The van der Waals surface area contributed by atoms with Crippen molar-refractivity contribution >= 4 is 23.2 Å². The molecule has 0 spiro atoms. The fourth-order valence-corrected chi connectivity index (χ4v) is 3.25. The van der Waals surface area contributed by atoms with Crippen molar-refractivity contribution in [3.8, 4) is 22.1 Å². The molecule has 3 rings (SSSR count). The highest BCUT2D eigenvalue weighted by Crippen LogP contribution is 2.36. The van der Waals surface area contributed by atoms with E-state index in [1.165, 1.54) is 17.5 Å². The zero-order valence-electron chi connectivity index (χ0n) is 13.8. The van der Waals surface area contributed by atoms with Crippen molar-refractivity contribution in [3.63, 3.8) is 0 Å². The van der Waals surface area contributed by atoms with Gasteiger partial charge in [0, 0.05) is 5.56 Å². The highest BCUT2D eigenvalue weighted by atomic mass is 32.1. The van der Waals surface area contributed by atoms with Gasteiger partial charge >= 0.3 is 5.97 Å². The van der Waals surface area contributed by atoms with Crippen LogP contribution < -0.4 is 14.8 Å². The molecule has 8 heteroatoms. The van der Waals surface area contributed by atoms with Crippen LogP contribution in [0.3, 0.4) is 0 Å². The lowest BCUT2D eigenvalue weighted by atomic mass is 9.99. The van der Waals surface area contributed by atoms with E-state index >= 15 is 0 Å². The number of amides is 1. The van der Waals surface area contributed by atoms with Crippen molar-refractivity contribution in [2.75, 3.05) is 6.79 Å². The summed E-state index contributed by atoms with van der Waals surface area (Å²) >= 11 is 1.20. The fraction of sp³-hybridized carbons (Fsp3) is 0.353. The number of carboxylic acid groups (broad SMARTS) is 1. The third-order valence-corrected chi connectivity index (χ3v) is 5.16. The van der Waals surface area contributed by atoms with Gasteiger partial charge in [-0.2, -0.15) is 0 Å². The highest BCUT2D eigenvalue weighted by Gasteiger charge is 2.26. The number of thiazole rings is 1. The van der Waals surface area contributed by atoms with Crippen LogP contribution in [0.2, 0.25) is 0 Å². The first kappa shape index (κ1) is 17.2. The van der Waals surface area contributed by atoms with Crippen LogP contribution in [0, 0.1) is 5.92 Å². The van der Waals surface area contributed by atoms with Crippen LogP contribution in [0.5, 0.6) is 11.5 Å². The normalized spacial score (nSPS) is 14.8. The maximum atomic E-state index is 12.4. The largest absolute Gasteiger partial charge is 0.480 e. The van der Waals surface area contributed by atoms with E-state index < -0.39 is 17.9 Å². The molecule has 0 saturated heterocycles. The minimum absolute atomic E-state index is 0.164. The third kappa shape index (κ3) is 3.58. The van der Waals surface area contributed by atoms with E-state index in [4.69, 9.17) is 9.47 Å². The number of hydrogen-bond acceptors (Lipinski definition) is 6. The Hall–Kier alpha value is -2.61. The number of carboxylic acids is 1. The summed E-state index contributed by atoms with van der Waals surface area (Å²) < 4.78 is 10.6. The Balaban J connectivity index is 1.76. The first-order chi connectivity index (χ1) is 12.0. The monoisotopic (exact) mass is 362 g/mol. The molecule has 1 aliphatic rings. The number of benzene rings is 1. The maximum Gasteiger partial charge on any atom is 0.326 e. The van der Waals surface area contributed by atoms with E-state index in [1.54, 1.807) is 13.0 Å². The molecule has 1 aromatic carbocycles. The molecule has 0 unspecified atom stereocenters. The molecule has 25 heavy (non-hydrogen) atoms. The summed E-state index contributed by atoms with van der Waals surface area (Å²) in [7, 11) is 0. The van der Waals surface area contributed by atoms with Crippen molar-refractivity contribution < 1.29 is 24.2 Å². The Kier molecular flexibility index (Phi) is 4.89. The lowest BCUT2D eigenvalue weighted by Crippen LogP contribution is -2.44. The molecule has 7 nitrogen and oxygen atoms in total. The number of aromatic nitrogens is 1. The lowest BCUT2D eigenvalue weighted by Gasteiger charge is -2.19. The average Bonchev–Trinajstić information content (AvgIpc) is 3.26. The van der Waals surface area contributed by atoms with Crippen molar-refractivity contribution in [2.45, 2.75) is 26.3 Å². The van der Waals surface area contributed by atoms with E-state index in [0.717, 1.165) is 5.56 Å². The van der Waals surface area contributed by atoms with Crippen LogP contribution in [0.1, 0.15) is 29.9 Å². The molecule has 1 aromatic heterocycles. The van der Waals surface area contributed by atoms with Gasteiger partial charge in [-0.05, 0) is 24.1 Å². The zero-order chi connectivity index (χ0) is 18.0. The number of hydrogen-bond donors (Lipinski definition) is 2. The molecule has 2 heterocycles. The second-order valence-electron chi connectivity index (χ2n) is 5.77. The minimum Gasteiger partial charge on any atom is -0.480 e. The topological polar surface area (TPSA) is 97.8 Å². The first-order valence-corrected chi connectivity index (χ1v) is 8.70. The maximum absolute atomic E-state index is 12.4. The summed E-state index contributed by atoms with van der Waals surface area (Å²) in [6, 6.07) is 4.52. The molecule has 2 N–H and O–H groups in total. The summed E-state index contributed by atoms with van der Waals surface area (Å²) in [5.74, 6) is -0.319. The van der Waals surface area contributed by atoms with Crippen molar-refractivity contribution in [1.29, 1.82) is 0 Å². The quantitative estimate of drug-likeness (QED) is 0.820. The second-order valence-corrected chi connectivity index (χ2v) is 6.80. The van der Waals surface area contributed by atoms with E-state index in [0.29, 0.717) is 27.8 Å². The molecule has 1 amide bonds. The van der Waals surface area contributed by atoms with Crippen LogP contribution in [0.25, 0.3) is 10.6 Å². The Bertz CT molecular complexity index is 804. The van der Waals surface area contributed by atoms with Crippen molar-refractivity contribution in [1.82, 2.24) is 10.3 Å². The molecule has 0 saturated carbocycles. The minimum atomic E-state index is -1.04. The predicted molar refractivity (Wildman–Crippen MR) is 92.0 cm³/mol. The molecular weight excluding hydrogens is 344 g/mol. The van der Waals surface area contributed by atoms with Gasteiger partial charge in [-0.1, -0.05) is 20.3 Å². The molecule has 0 fully saturated rings. The molecule has 2 aromatic rings. The van der Waals surface area contributed by atoms with E-state index in [1.807, 2.05) is 19.1 Å². The number of carbonyl (C=O) groups excluding carboxylic acids is 1. The van der Waals surface area contributed by atoms with Gasteiger partial charge in [-0.15, -0.1) is 11.3 Å². The summed E-state index contributed by atoms with van der Waals surface area (Å²) in [6.07, 6.45) is 2.11. The zero-order valence-corrected chi connectivity index (χ0v) is 14.6. The van der Waals surface area contributed by atoms with Crippen molar-refractivity contribution in [3.05, 3.63) is 29.3 Å². The number of aliphatic carboxylic acids is 1. The van der Waals surface area contributed by atoms with Gasteiger partial charge in [0.25, 0.3) is 5.91 Å². The van der Waals surface area contributed by atoms with E-state index in [-0.39, 0.29) is 12.7 Å². The predicted octanol–water partition coefficient (Wildman–Crippen LogP) is 2.77. The van der Waals surface area contributed by atoms with Gasteiger partial charge in [0.2, 0.25) is 6.79 Å². The Morgan fingerprint density at radius 3 is 2.84 bits per heavy atom. The van der Waals surface area contributed by atoms with E-state index in [2.05, 4.69) is 10.3 Å². The summed E-state index contributed by atoms with van der Waals surface area (Å²) in [4.78, 5) is 28.3. The smallest absolute Gasteiger partial charge is 0.326 e. The van der Waals surface area contributed by atoms with E-state index in [9.17, 15) is 14.7 Å². The fourth-order valence-electron chi connectivity index (χ4n) is 2.44. The standard InChI is InChI=1S/C17H18N2O5S/c1-3-9(2)14(17(21)22)19-15(20)13-7-18-16(25-13)10-4-5-11-12(6-10)24-8-23-11/h4-7,9,14H,3,8H2,1-2H3,(H,19,20)(H,21,22)/t9-,14-/m0/s1. The summed E-state index contributed by atoms with van der Waals surface area (Å²) in [5.41, 5.74) is 0.810. The molecule has 0 bridgehead atoms. The van der Waals surface area contributed by atoms with Crippen molar-refractivity contribution in [2.24, 2.45) is 5.92 Å². The van der Waals surface area contributed by atoms with Gasteiger partial charge < -0.3 is 19.9 Å². The van der Waals surface area contributed by atoms with Gasteiger partial charge in [0.15, 0.2) is 11.5 Å². The van der Waals surface area contributed by atoms with Crippen LogP contribution in [-0.2, 0) is 4.79 Å². The number of fused-ring (bicyclic) bond motifs is 1. The second kappa shape index (κ2) is 7.10. The Morgan fingerprint density at radius 2 is 2.12 bits per heavy atom. The number of nitrogens with one attached hydrogen (secondary N) is 1. The molecule has 132 valence electrons. The van der Waals surface area contributed by atoms with Crippen LogP contribution in [0.15, 0.2) is 24.4 Å². The van der Waals surface area contributed by atoms with Gasteiger partial charge in [-0.3, -0.25) is 4.79 Å². The lowest BCUT2D eigenvalue weighted by molar-refractivity contribution is -0.140. The molecule has 2 atom stereocenters. The van der Waals surface area contributed by atoms with Gasteiger partial charge in [0.1, 0.15) is 15.9 Å². The molecular formula is C17H18N2O5S. The molecule has 0 aliphatic carbocycles. The molecule has 1 aliphatic heterocycles. The summed E-state index contributed by atoms with van der Waals surface area (Å²) in [5, 5.41) is 12.5.